The van der Waals surface area contributed by atoms with Gasteiger partial charge in [-0.1, -0.05) is 30.3 Å². The molecule has 0 unspecified atom stereocenters. The lowest BCUT2D eigenvalue weighted by molar-refractivity contribution is 0.0938. The second-order valence-electron chi connectivity index (χ2n) is 6.13. The van der Waals surface area contributed by atoms with Crippen molar-refractivity contribution in [2.75, 3.05) is 20.3 Å². The number of carbonyl (C=O) groups is 1. The average molecular weight is 378 g/mol. The van der Waals surface area contributed by atoms with Gasteiger partial charge in [0.15, 0.2) is 0 Å². The Labute approximate surface area is 159 Å². The number of thiophene rings is 1. The van der Waals surface area contributed by atoms with Crippen LogP contribution in [0.4, 0.5) is 0 Å². The average Bonchev–Trinajstić information content (AvgIpc) is 3.18. The van der Waals surface area contributed by atoms with E-state index in [0.29, 0.717) is 29.8 Å². The van der Waals surface area contributed by atoms with Crippen LogP contribution in [-0.4, -0.2) is 30.6 Å². The first-order valence-corrected chi connectivity index (χ1v) is 9.47. The summed E-state index contributed by atoms with van der Waals surface area (Å²) >= 11 is 1.52. The third kappa shape index (κ3) is 3.13. The van der Waals surface area contributed by atoms with Crippen LogP contribution >= 0.6 is 11.3 Å². The van der Waals surface area contributed by atoms with Crippen molar-refractivity contribution in [3.8, 4) is 11.1 Å². The highest BCUT2D eigenvalue weighted by molar-refractivity contribution is 7.18. The van der Waals surface area contributed by atoms with E-state index in [1.54, 1.807) is 23.8 Å². The van der Waals surface area contributed by atoms with Crippen LogP contribution < -0.4 is 10.9 Å². The fourth-order valence-electron chi connectivity index (χ4n) is 3.17. The van der Waals surface area contributed by atoms with Crippen LogP contribution in [-0.2, 0) is 4.74 Å². The second-order valence-corrected chi connectivity index (χ2v) is 7.05. The second kappa shape index (κ2) is 7.34. The van der Waals surface area contributed by atoms with Crippen molar-refractivity contribution in [1.29, 1.82) is 0 Å². The molecule has 1 amide bonds. The molecule has 0 aliphatic carbocycles. The van der Waals surface area contributed by atoms with Crippen molar-refractivity contribution >= 4 is 32.8 Å². The molecule has 5 nitrogen and oxygen atoms in total. The summed E-state index contributed by atoms with van der Waals surface area (Å²) in [5.74, 6) is -0.220. The summed E-state index contributed by atoms with van der Waals surface area (Å²) in [6.07, 6.45) is 1.74. The van der Waals surface area contributed by atoms with Crippen LogP contribution in [0.3, 0.4) is 0 Å². The van der Waals surface area contributed by atoms with Gasteiger partial charge in [-0.2, -0.15) is 0 Å². The lowest BCUT2D eigenvalue weighted by atomic mass is 10.0. The molecule has 0 spiro atoms. The van der Waals surface area contributed by atoms with Crippen molar-refractivity contribution in [2.24, 2.45) is 0 Å². The minimum atomic E-state index is -0.220. The van der Waals surface area contributed by atoms with E-state index in [-0.39, 0.29) is 11.5 Å². The maximum atomic E-state index is 13.1. The van der Waals surface area contributed by atoms with E-state index < -0.39 is 0 Å². The number of carbonyl (C=O) groups excluding carboxylic acids is 1. The smallest absolute Gasteiger partial charge is 0.263 e. The number of rotatable bonds is 5. The van der Waals surface area contributed by atoms with Crippen LogP contribution in [0.5, 0.6) is 0 Å². The molecule has 0 fully saturated rings. The summed E-state index contributed by atoms with van der Waals surface area (Å²) in [5, 5.41) is 5.85. The molecule has 27 heavy (non-hydrogen) atoms. The zero-order chi connectivity index (χ0) is 18.8. The van der Waals surface area contributed by atoms with Crippen molar-refractivity contribution in [1.82, 2.24) is 9.72 Å². The van der Waals surface area contributed by atoms with E-state index in [9.17, 15) is 9.59 Å². The Morgan fingerprint density at radius 3 is 2.78 bits per heavy atom. The third-order valence-electron chi connectivity index (χ3n) is 4.47. The lowest BCUT2D eigenvalue weighted by Crippen LogP contribution is -2.29. The van der Waals surface area contributed by atoms with E-state index in [1.165, 1.54) is 11.3 Å². The Kier molecular flexibility index (Phi) is 4.75. The van der Waals surface area contributed by atoms with Crippen molar-refractivity contribution in [2.45, 2.75) is 0 Å². The molecule has 4 aromatic rings. The highest BCUT2D eigenvalue weighted by Gasteiger charge is 2.18. The molecule has 0 radical (unpaired) electrons. The highest BCUT2D eigenvalue weighted by Crippen LogP contribution is 2.29. The van der Waals surface area contributed by atoms with Gasteiger partial charge in [-0.05, 0) is 34.5 Å². The molecule has 1 N–H and O–H groups in total. The first-order valence-electron chi connectivity index (χ1n) is 8.59. The number of aromatic nitrogens is 1. The van der Waals surface area contributed by atoms with Gasteiger partial charge in [-0.3, -0.25) is 14.0 Å². The molecule has 136 valence electrons. The first-order chi connectivity index (χ1) is 13.2. The van der Waals surface area contributed by atoms with Crippen LogP contribution in [0.15, 0.2) is 64.9 Å². The largest absolute Gasteiger partial charge is 0.383 e. The number of ether oxygens (including phenoxy) is 1. The summed E-state index contributed by atoms with van der Waals surface area (Å²) in [6, 6.07) is 15.0. The molecule has 0 atom stereocenters. The number of nitrogens with zero attached hydrogens (tertiary/aromatic N) is 1. The number of amides is 1. The predicted octanol–water partition coefficient (Wildman–Crippen LogP) is 3.56. The number of pyridine rings is 2. The number of methoxy groups -OCH3 is 1. The number of hydrogen-bond donors (Lipinski definition) is 1. The zero-order valence-electron chi connectivity index (χ0n) is 14.8. The van der Waals surface area contributed by atoms with Gasteiger partial charge in [0.05, 0.1) is 22.4 Å². The maximum Gasteiger partial charge on any atom is 0.263 e. The summed E-state index contributed by atoms with van der Waals surface area (Å²) in [5.41, 5.74) is 2.27. The van der Waals surface area contributed by atoms with E-state index in [1.807, 2.05) is 47.8 Å². The van der Waals surface area contributed by atoms with Gasteiger partial charge < -0.3 is 10.1 Å². The van der Waals surface area contributed by atoms with Gasteiger partial charge in [0.1, 0.15) is 0 Å². The Hall–Kier alpha value is -2.96. The van der Waals surface area contributed by atoms with E-state index in [2.05, 4.69) is 5.32 Å². The number of hydrogen-bond acceptors (Lipinski definition) is 4. The van der Waals surface area contributed by atoms with E-state index in [0.717, 1.165) is 15.6 Å². The molecular weight excluding hydrogens is 360 g/mol. The molecule has 0 aliphatic rings. The molecule has 3 aromatic heterocycles. The Bertz CT molecular complexity index is 1180. The molecule has 3 heterocycles. The Morgan fingerprint density at radius 1 is 1.19 bits per heavy atom. The molecule has 0 bridgehead atoms. The number of benzene rings is 1. The van der Waals surface area contributed by atoms with Gasteiger partial charge in [0.2, 0.25) is 0 Å². The predicted molar refractivity (Wildman–Crippen MR) is 109 cm³/mol. The summed E-state index contributed by atoms with van der Waals surface area (Å²) in [7, 11) is 1.59. The van der Waals surface area contributed by atoms with Crippen LogP contribution in [0.25, 0.3) is 26.7 Å². The van der Waals surface area contributed by atoms with E-state index >= 15 is 0 Å². The fourth-order valence-corrected chi connectivity index (χ4v) is 4.11. The molecule has 6 heteroatoms. The van der Waals surface area contributed by atoms with Gasteiger partial charge in [0.25, 0.3) is 11.5 Å². The van der Waals surface area contributed by atoms with Gasteiger partial charge in [0, 0.05) is 25.4 Å². The molecule has 0 saturated heterocycles. The van der Waals surface area contributed by atoms with Gasteiger partial charge in [-0.15, -0.1) is 11.3 Å². The lowest BCUT2D eigenvalue weighted by Gasteiger charge is -2.12. The fraction of sp³-hybridized carbons (Fsp3) is 0.143. The summed E-state index contributed by atoms with van der Waals surface area (Å²) < 4.78 is 7.52. The monoisotopic (exact) mass is 378 g/mol. The number of nitrogens with one attached hydrogen (secondary N) is 1. The van der Waals surface area contributed by atoms with Crippen LogP contribution in [0, 0.1) is 0 Å². The molecular formula is C21H18N2O3S. The van der Waals surface area contributed by atoms with Crippen LogP contribution in [0.2, 0.25) is 0 Å². The van der Waals surface area contributed by atoms with Gasteiger partial charge in [-0.25, -0.2) is 0 Å². The first kappa shape index (κ1) is 17.5. The maximum absolute atomic E-state index is 13.1. The highest BCUT2D eigenvalue weighted by atomic mass is 32.1. The van der Waals surface area contributed by atoms with Crippen molar-refractivity contribution in [3.63, 3.8) is 0 Å². The van der Waals surface area contributed by atoms with Gasteiger partial charge >= 0.3 is 0 Å². The SMILES string of the molecule is COCCNC(=O)c1cc(-c2ccccc2)c(=O)n2ccc3ccsc3c12. The molecule has 1 aromatic carbocycles. The van der Waals surface area contributed by atoms with Crippen molar-refractivity contribution < 1.29 is 9.53 Å². The Balaban J connectivity index is 2.00. The summed E-state index contributed by atoms with van der Waals surface area (Å²) in [4.78, 5) is 26.1. The number of fused-ring (bicyclic) bond motifs is 3. The quantitative estimate of drug-likeness (QED) is 0.540. The molecule has 0 saturated carbocycles. The standard InChI is InChI=1S/C21H18N2O3S/c1-26-11-9-22-20(24)17-13-16(14-5-3-2-4-6-14)21(25)23-10-7-15-8-12-27-19(15)18(17)23/h2-8,10,12-13H,9,11H2,1H3,(H,22,24). The third-order valence-corrected chi connectivity index (χ3v) is 5.41. The molecule has 4 rings (SSSR count). The zero-order valence-corrected chi connectivity index (χ0v) is 15.6. The topological polar surface area (TPSA) is 59.8 Å². The minimum absolute atomic E-state index is 0.139. The van der Waals surface area contributed by atoms with E-state index in [4.69, 9.17) is 4.74 Å². The Morgan fingerprint density at radius 2 is 2.00 bits per heavy atom. The van der Waals surface area contributed by atoms with Crippen molar-refractivity contribution in [3.05, 3.63) is 76.0 Å². The normalized spacial score (nSPS) is 11.1. The van der Waals surface area contributed by atoms with Crippen LogP contribution in [0.1, 0.15) is 10.4 Å². The molecule has 0 aliphatic heterocycles. The summed E-state index contributed by atoms with van der Waals surface area (Å²) in [6.45, 7) is 0.831. The minimum Gasteiger partial charge on any atom is -0.383 e.